The molecule has 0 aliphatic carbocycles. The first-order valence-electron chi connectivity index (χ1n) is 7.09. The monoisotopic (exact) mass is 326 g/mol. The maximum absolute atomic E-state index is 12.3. The largest absolute Gasteiger partial charge is 0.462 e. The van der Waals surface area contributed by atoms with Crippen LogP contribution in [-0.4, -0.2) is 23.5 Å². The van der Waals surface area contributed by atoms with Gasteiger partial charge >= 0.3 is 5.97 Å². The molecule has 0 radical (unpaired) electrons. The molecule has 0 fully saturated rings. The van der Waals surface area contributed by atoms with Crippen molar-refractivity contribution in [2.24, 2.45) is 0 Å². The maximum Gasteiger partial charge on any atom is 0.338 e. The van der Waals surface area contributed by atoms with Gasteiger partial charge in [0.2, 0.25) is 0 Å². The summed E-state index contributed by atoms with van der Waals surface area (Å²) in [6, 6.07) is 12.0. The van der Waals surface area contributed by atoms with E-state index in [2.05, 4.69) is 10.3 Å². The summed E-state index contributed by atoms with van der Waals surface area (Å²) in [6.07, 6.45) is 0. The van der Waals surface area contributed by atoms with Gasteiger partial charge in [0.05, 0.1) is 27.9 Å². The first-order chi connectivity index (χ1) is 11.2. The summed E-state index contributed by atoms with van der Waals surface area (Å²) in [5.74, 6) is -0.579. The third kappa shape index (κ3) is 3.37. The molecule has 116 valence electrons. The number of ether oxygens (including phenoxy) is 1. The molecule has 0 saturated heterocycles. The van der Waals surface area contributed by atoms with Crippen LogP contribution in [0.2, 0.25) is 0 Å². The molecule has 0 aliphatic rings. The Kier molecular flexibility index (Phi) is 4.34. The van der Waals surface area contributed by atoms with Crippen LogP contribution in [0.5, 0.6) is 0 Å². The third-order valence-corrected chi connectivity index (χ3v) is 4.04. The number of esters is 1. The quantitative estimate of drug-likeness (QED) is 0.742. The molecule has 1 amide bonds. The van der Waals surface area contributed by atoms with E-state index in [0.29, 0.717) is 23.4 Å². The number of carbonyl (C=O) groups excluding carboxylic acids is 2. The molecule has 5 nitrogen and oxygen atoms in total. The normalized spacial score (nSPS) is 10.5. The van der Waals surface area contributed by atoms with Crippen molar-refractivity contribution in [2.75, 3.05) is 11.9 Å². The number of rotatable bonds is 4. The van der Waals surface area contributed by atoms with Gasteiger partial charge in [0, 0.05) is 11.3 Å². The Bertz CT molecular complexity index is 856. The molecule has 0 bridgehead atoms. The molecule has 1 aromatic heterocycles. The standard InChI is InChI=1S/C17H14N2O3S/c1-2-22-17(21)11-3-6-13(7-4-11)19-16(20)12-5-8-14-15(9-12)23-10-18-14/h3-10H,2H2,1H3,(H,19,20). The van der Waals surface area contributed by atoms with Crippen LogP contribution in [0.1, 0.15) is 27.6 Å². The zero-order chi connectivity index (χ0) is 16.2. The minimum atomic E-state index is -0.374. The maximum atomic E-state index is 12.3. The Morgan fingerprint density at radius 2 is 1.87 bits per heavy atom. The molecular formula is C17H14N2O3S. The highest BCUT2D eigenvalue weighted by molar-refractivity contribution is 7.16. The van der Waals surface area contributed by atoms with Crippen molar-refractivity contribution in [1.82, 2.24) is 4.98 Å². The zero-order valence-electron chi connectivity index (χ0n) is 12.4. The number of hydrogen-bond donors (Lipinski definition) is 1. The zero-order valence-corrected chi connectivity index (χ0v) is 13.2. The highest BCUT2D eigenvalue weighted by Crippen LogP contribution is 2.20. The van der Waals surface area contributed by atoms with E-state index in [1.54, 1.807) is 42.8 Å². The van der Waals surface area contributed by atoms with Crippen molar-refractivity contribution in [2.45, 2.75) is 6.92 Å². The van der Waals surface area contributed by atoms with Gasteiger partial charge in [-0.2, -0.15) is 0 Å². The van der Waals surface area contributed by atoms with Crippen molar-refractivity contribution < 1.29 is 14.3 Å². The SMILES string of the molecule is CCOC(=O)c1ccc(NC(=O)c2ccc3ncsc3c2)cc1. The number of carbonyl (C=O) groups is 2. The van der Waals surface area contributed by atoms with Gasteiger partial charge in [-0.25, -0.2) is 9.78 Å². The van der Waals surface area contributed by atoms with E-state index in [1.807, 2.05) is 12.1 Å². The highest BCUT2D eigenvalue weighted by atomic mass is 32.1. The van der Waals surface area contributed by atoms with Crippen molar-refractivity contribution >= 4 is 39.1 Å². The van der Waals surface area contributed by atoms with Crippen LogP contribution in [0.3, 0.4) is 0 Å². The lowest BCUT2D eigenvalue weighted by Gasteiger charge is -2.06. The van der Waals surface area contributed by atoms with E-state index >= 15 is 0 Å². The lowest BCUT2D eigenvalue weighted by molar-refractivity contribution is 0.0526. The predicted molar refractivity (Wildman–Crippen MR) is 90.0 cm³/mol. The molecule has 3 rings (SSSR count). The number of anilines is 1. The molecule has 0 saturated carbocycles. The summed E-state index contributed by atoms with van der Waals surface area (Å²) >= 11 is 1.49. The van der Waals surface area contributed by atoms with E-state index in [9.17, 15) is 9.59 Å². The Labute approximate surface area is 136 Å². The number of amides is 1. The van der Waals surface area contributed by atoms with Crippen LogP contribution in [0, 0.1) is 0 Å². The van der Waals surface area contributed by atoms with Crippen LogP contribution in [-0.2, 0) is 4.74 Å². The minimum absolute atomic E-state index is 0.204. The Morgan fingerprint density at radius 1 is 1.13 bits per heavy atom. The topological polar surface area (TPSA) is 68.3 Å². The fourth-order valence-corrected chi connectivity index (χ4v) is 2.82. The molecule has 2 aromatic carbocycles. The van der Waals surface area contributed by atoms with Crippen molar-refractivity contribution in [3.8, 4) is 0 Å². The summed E-state index contributed by atoms with van der Waals surface area (Å²) in [5, 5.41) is 2.81. The van der Waals surface area contributed by atoms with Gasteiger partial charge in [-0.15, -0.1) is 11.3 Å². The van der Waals surface area contributed by atoms with Gasteiger partial charge in [0.25, 0.3) is 5.91 Å². The Morgan fingerprint density at radius 3 is 2.61 bits per heavy atom. The molecule has 0 unspecified atom stereocenters. The van der Waals surface area contributed by atoms with Crippen molar-refractivity contribution in [3.05, 3.63) is 59.1 Å². The minimum Gasteiger partial charge on any atom is -0.462 e. The Hall–Kier alpha value is -2.73. The second-order valence-corrected chi connectivity index (χ2v) is 5.67. The van der Waals surface area contributed by atoms with Crippen molar-refractivity contribution in [1.29, 1.82) is 0 Å². The summed E-state index contributed by atoms with van der Waals surface area (Å²) in [7, 11) is 0. The fraction of sp³-hybridized carbons (Fsp3) is 0.118. The predicted octanol–water partition coefficient (Wildman–Crippen LogP) is 3.73. The average Bonchev–Trinajstić information content (AvgIpc) is 3.03. The lowest BCUT2D eigenvalue weighted by atomic mass is 10.1. The molecule has 3 aromatic rings. The molecule has 1 heterocycles. The average molecular weight is 326 g/mol. The van der Waals surface area contributed by atoms with E-state index in [4.69, 9.17) is 4.74 Å². The lowest BCUT2D eigenvalue weighted by Crippen LogP contribution is -2.12. The summed E-state index contributed by atoms with van der Waals surface area (Å²) in [6.45, 7) is 2.09. The van der Waals surface area contributed by atoms with Gasteiger partial charge in [0.1, 0.15) is 0 Å². The molecule has 6 heteroatoms. The summed E-state index contributed by atoms with van der Waals surface area (Å²) in [5.41, 5.74) is 4.27. The van der Waals surface area contributed by atoms with Gasteiger partial charge in [-0.1, -0.05) is 0 Å². The van der Waals surface area contributed by atoms with E-state index < -0.39 is 0 Å². The third-order valence-electron chi connectivity index (χ3n) is 3.25. The molecule has 0 spiro atoms. The van der Waals surface area contributed by atoms with E-state index in [1.165, 1.54) is 11.3 Å². The second kappa shape index (κ2) is 6.58. The van der Waals surface area contributed by atoms with Gasteiger partial charge in [-0.3, -0.25) is 4.79 Å². The number of nitrogens with zero attached hydrogens (tertiary/aromatic N) is 1. The van der Waals surface area contributed by atoms with E-state index in [-0.39, 0.29) is 11.9 Å². The Balaban J connectivity index is 1.73. The first kappa shape index (κ1) is 15.2. The number of benzene rings is 2. The van der Waals surface area contributed by atoms with Crippen LogP contribution >= 0.6 is 11.3 Å². The van der Waals surface area contributed by atoms with Gasteiger partial charge < -0.3 is 10.1 Å². The summed E-state index contributed by atoms with van der Waals surface area (Å²) in [4.78, 5) is 28.1. The number of fused-ring (bicyclic) bond motifs is 1. The van der Waals surface area contributed by atoms with Crippen LogP contribution < -0.4 is 5.32 Å². The molecule has 0 aliphatic heterocycles. The van der Waals surface area contributed by atoms with E-state index in [0.717, 1.165) is 10.2 Å². The van der Waals surface area contributed by atoms with Crippen molar-refractivity contribution in [3.63, 3.8) is 0 Å². The van der Waals surface area contributed by atoms with Crippen LogP contribution in [0.15, 0.2) is 48.0 Å². The molecule has 0 atom stereocenters. The fourth-order valence-electron chi connectivity index (χ4n) is 2.10. The highest BCUT2D eigenvalue weighted by Gasteiger charge is 2.10. The van der Waals surface area contributed by atoms with Gasteiger partial charge in [0.15, 0.2) is 0 Å². The summed E-state index contributed by atoms with van der Waals surface area (Å²) < 4.78 is 5.89. The smallest absolute Gasteiger partial charge is 0.338 e. The molecule has 1 N–H and O–H groups in total. The number of hydrogen-bond acceptors (Lipinski definition) is 5. The van der Waals surface area contributed by atoms with Crippen LogP contribution in [0.25, 0.3) is 10.2 Å². The number of aromatic nitrogens is 1. The van der Waals surface area contributed by atoms with Gasteiger partial charge in [-0.05, 0) is 49.4 Å². The first-order valence-corrected chi connectivity index (χ1v) is 7.97. The number of nitrogens with one attached hydrogen (secondary N) is 1. The second-order valence-electron chi connectivity index (χ2n) is 4.79. The number of thiazole rings is 1. The van der Waals surface area contributed by atoms with Crippen LogP contribution in [0.4, 0.5) is 5.69 Å². The molecular weight excluding hydrogens is 312 g/mol. The molecule has 23 heavy (non-hydrogen) atoms.